The van der Waals surface area contributed by atoms with E-state index < -0.39 is 11.3 Å². The molecule has 3 N–H and O–H groups in total. The van der Waals surface area contributed by atoms with E-state index in [0.29, 0.717) is 25.0 Å². The van der Waals surface area contributed by atoms with Crippen LogP contribution in [0, 0.1) is 16.2 Å². The highest BCUT2D eigenvalue weighted by Crippen LogP contribution is 2.36. The Bertz CT molecular complexity index is 546. The second-order valence-corrected chi connectivity index (χ2v) is 13.6. The highest BCUT2D eigenvalue weighted by atomic mass is 16.5. The van der Waals surface area contributed by atoms with Gasteiger partial charge >= 0.3 is 0 Å². The maximum Gasteiger partial charge on any atom is 0.114 e. The van der Waals surface area contributed by atoms with Crippen LogP contribution in [0.2, 0.25) is 0 Å². The smallest absolute Gasteiger partial charge is 0.114 e. The van der Waals surface area contributed by atoms with Crippen molar-refractivity contribution in [2.75, 3.05) is 13.2 Å². The summed E-state index contributed by atoms with van der Waals surface area (Å²) in [6.45, 7) is 26.7. The van der Waals surface area contributed by atoms with Crippen LogP contribution >= 0.6 is 0 Å². The van der Waals surface area contributed by atoms with Gasteiger partial charge in [0.2, 0.25) is 0 Å². The zero-order chi connectivity index (χ0) is 24.8. The lowest BCUT2D eigenvalue weighted by Crippen LogP contribution is -2.44. The number of allylic oxidation sites excluding steroid dienone is 1. The number of hydrogen-bond acceptors (Lipinski definition) is 4. The van der Waals surface area contributed by atoms with Gasteiger partial charge in [-0.2, -0.15) is 0 Å². The van der Waals surface area contributed by atoms with Gasteiger partial charge in [-0.1, -0.05) is 60.6 Å². The molecule has 4 heteroatoms. The fourth-order valence-corrected chi connectivity index (χ4v) is 3.47. The molecule has 0 aromatic rings. The third-order valence-electron chi connectivity index (χ3n) is 5.68. The molecule has 0 saturated heterocycles. The fraction of sp³-hybridized carbons (Fsp3) is 0.926. The van der Waals surface area contributed by atoms with Crippen LogP contribution in [0.1, 0.15) is 115 Å². The number of nitrogens with two attached hydrogens (primary N) is 1. The number of ether oxygens (including phenoxy) is 2. The molecule has 4 nitrogen and oxygen atoms in total. The molecule has 0 fully saturated rings. The van der Waals surface area contributed by atoms with E-state index in [1.807, 2.05) is 6.92 Å². The Balaban J connectivity index is 4.61. The molecule has 0 spiro atoms. The van der Waals surface area contributed by atoms with Gasteiger partial charge in [-0.05, 0) is 83.0 Å². The van der Waals surface area contributed by atoms with E-state index in [0.717, 1.165) is 19.3 Å². The standard InChI is InChI=1S/C27H55NO3/c1-22(2,3)13-14-24(6,7)21-27(12,28)31-19-17-23(4,5)15-16-26(10,11)30-20-18-25(8,9)29/h15-16,29H,13-14,17-21,28H2,1-12H3/b16-15+. The summed E-state index contributed by atoms with van der Waals surface area (Å²) in [7, 11) is 0. The monoisotopic (exact) mass is 441 g/mol. The first-order chi connectivity index (χ1) is 13.5. The van der Waals surface area contributed by atoms with Crippen LogP contribution in [0.25, 0.3) is 0 Å². The zero-order valence-electron chi connectivity index (χ0n) is 22.9. The molecule has 0 aromatic heterocycles. The zero-order valence-corrected chi connectivity index (χ0v) is 22.9. The lowest BCUT2D eigenvalue weighted by Gasteiger charge is -2.37. The van der Waals surface area contributed by atoms with Crippen molar-refractivity contribution < 1.29 is 14.6 Å². The first kappa shape index (κ1) is 30.6. The Morgan fingerprint density at radius 1 is 0.677 bits per heavy atom. The van der Waals surface area contributed by atoms with Gasteiger partial charge in [0.25, 0.3) is 0 Å². The number of rotatable bonds is 14. The maximum absolute atomic E-state index is 9.85. The van der Waals surface area contributed by atoms with Crippen LogP contribution in [-0.4, -0.2) is 35.2 Å². The average Bonchev–Trinajstić information content (AvgIpc) is 2.48. The summed E-state index contributed by atoms with van der Waals surface area (Å²) in [6, 6.07) is 0. The number of hydrogen-bond donors (Lipinski definition) is 2. The van der Waals surface area contributed by atoms with Crippen molar-refractivity contribution in [1.29, 1.82) is 0 Å². The van der Waals surface area contributed by atoms with Gasteiger partial charge in [0, 0.05) is 6.61 Å². The Morgan fingerprint density at radius 3 is 1.68 bits per heavy atom. The Hall–Kier alpha value is -0.420. The summed E-state index contributed by atoms with van der Waals surface area (Å²) < 4.78 is 12.1. The van der Waals surface area contributed by atoms with Gasteiger partial charge in [-0.15, -0.1) is 0 Å². The molecule has 1 atom stereocenters. The van der Waals surface area contributed by atoms with E-state index in [9.17, 15) is 5.11 Å². The SMILES string of the molecule is CC(C)(C)CCC(C)(C)CC(C)(N)OCCC(C)(C)/C=C/C(C)(C)OCCC(C)(C)O. The van der Waals surface area contributed by atoms with Crippen molar-refractivity contribution in [2.45, 2.75) is 132 Å². The van der Waals surface area contributed by atoms with Gasteiger partial charge in [0.1, 0.15) is 5.72 Å². The van der Waals surface area contributed by atoms with E-state index >= 15 is 0 Å². The highest BCUT2D eigenvalue weighted by Gasteiger charge is 2.31. The molecule has 31 heavy (non-hydrogen) atoms. The second kappa shape index (κ2) is 11.1. The van der Waals surface area contributed by atoms with Gasteiger partial charge in [-0.25, -0.2) is 0 Å². The Kier molecular flexibility index (Phi) is 11.0. The minimum atomic E-state index is -0.702. The van der Waals surface area contributed by atoms with Crippen molar-refractivity contribution in [3.05, 3.63) is 12.2 Å². The molecule has 0 aromatic carbocycles. The lowest BCUT2D eigenvalue weighted by atomic mass is 9.76. The molecule has 0 bridgehead atoms. The Morgan fingerprint density at radius 2 is 1.19 bits per heavy atom. The minimum absolute atomic E-state index is 0.0191. The van der Waals surface area contributed by atoms with E-state index in [2.05, 4.69) is 74.5 Å². The summed E-state index contributed by atoms with van der Waals surface area (Å²) in [4.78, 5) is 0. The van der Waals surface area contributed by atoms with Crippen LogP contribution in [0.3, 0.4) is 0 Å². The summed E-state index contributed by atoms with van der Waals surface area (Å²) in [5.74, 6) is 0. The van der Waals surface area contributed by atoms with Gasteiger partial charge in [0.15, 0.2) is 0 Å². The summed E-state index contributed by atoms with van der Waals surface area (Å²) in [5.41, 5.74) is 5.29. The van der Waals surface area contributed by atoms with Crippen LogP contribution in [-0.2, 0) is 9.47 Å². The molecule has 0 amide bonds. The van der Waals surface area contributed by atoms with Crippen LogP contribution in [0.15, 0.2) is 12.2 Å². The Labute approximate surface area is 194 Å². The number of aliphatic hydroxyl groups is 1. The fourth-order valence-electron chi connectivity index (χ4n) is 3.47. The van der Waals surface area contributed by atoms with E-state index in [4.69, 9.17) is 15.2 Å². The van der Waals surface area contributed by atoms with E-state index in [1.54, 1.807) is 13.8 Å². The largest absolute Gasteiger partial charge is 0.390 e. The van der Waals surface area contributed by atoms with Crippen molar-refractivity contribution in [1.82, 2.24) is 0 Å². The third kappa shape index (κ3) is 17.8. The average molecular weight is 442 g/mol. The molecule has 0 aliphatic heterocycles. The summed E-state index contributed by atoms with van der Waals surface area (Å²) in [5, 5.41) is 9.85. The molecular formula is C27H55NO3. The quantitative estimate of drug-likeness (QED) is 0.228. The first-order valence-corrected chi connectivity index (χ1v) is 12.0. The second-order valence-electron chi connectivity index (χ2n) is 13.6. The van der Waals surface area contributed by atoms with Crippen molar-refractivity contribution in [3.8, 4) is 0 Å². The van der Waals surface area contributed by atoms with E-state index in [1.165, 1.54) is 6.42 Å². The topological polar surface area (TPSA) is 64.7 Å². The molecular weight excluding hydrogens is 386 g/mol. The lowest BCUT2D eigenvalue weighted by molar-refractivity contribution is -0.0635. The molecule has 0 radical (unpaired) electrons. The molecule has 0 saturated carbocycles. The predicted octanol–water partition coefficient (Wildman–Crippen LogP) is 6.85. The van der Waals surface area contributed by atoms with Gasteiger partial charge in [-0.3, -0.25) is 0 Å². The molecule has 0 aliphatic carbocycles. The third-order valence-corrected chi connectivity index (χ3v) is 5.68. The van der Waals surface area contributed by atoms with Crippen molar-refractivity contribution in [3.63, 3.8) is 0 Å². The van der Waals surface area contributed by atoms with Crippen LogP contribution in [0.5, 0.6) is 0 Å². The highest BCUT2D eigenvalue weighted by molar-refractivity contribution is 5.03. The van der Waals surface area contributed by atoms with Gasteiger partial charge < -0.3 is 20.3 Å². The summed E-state index contributed by atoms with van der Waals surface area (Å²) >= 11 is 0. The molecule has 0 heterocycles. The van der Waals surface area contributed by atoms with Crippen molar-refractivity contribution >= 4 is 0 Å². The minimum Gasteiger partial charge on any atom is -0.390 e. The van der Waals surface area contributed by atoms with E-state index in [-0.39, 0.29) is 16.4 Å². The normalized spacial score (nSPS) is 16.7. The van der Waals surface area contributed by atoms with Crippen molar-refractivity contribution in [2.24, 2.45) is 22.0 Å². The molecule has 0 aliphatic rings. The van der Waals surface area contributed by atoms with Crippen LogP contribution < -0.4 is 5.73 Å². The summed E-state index contributed by atoms with van der Waals surface area (Å²) in [6.07, 6.45) is 9.00. The molecule has 186 valence electrons. The predicted molar refractivity (Wildman–Crippen MR) is 134 cm³/mol. The van der Waals surface area contributed by atoms with Crippen LogP contribution in [0.4, 0.5) is 0 Å². The molecule has 1 unspecified atom stereocenters. The van der Waals surface area contributed by atoms with Gasteiger partial charge in [0.05, 0.1) is 17.8 Å². The first-order valence-electron chi connectivity index (χ1n) is 12.0. The maximum atomic E-state index is 9.85. The molecule has 0 rings (SSSR count).